The van der Waals surface area contributed by atoms with Gasteiger partial charge in [-0.2, -0.15) is 5.10 Å². The Kier molecular flexibility index (Phi) is 5.44. The lowest BCUT2D eigenvalue weighted by molar-refractivity contribution is 0.0869. The number of aliphatic hydroxyl groups excluding tert-OH is 1. The highest BCUT2D eigenvalue weighted by Crippen LogP contribution is 2.35. The quantitative estimate of drug-likeness (QED) is 0.545. The molecule has 12 heteroatoms. The molecule has 0 bridgehead atoms. The van der Waals surface area contributed by atoms with E-state index in [0.29, 0.717) is 53.8 Å². The summed E-state index contributed by atoms with van der Waals surface area (Å²) in [4.78, 5) is 21.9. The van der Waals surface area contributed by atoms with Gasteiger partial charge < -0.3 is 19.7 Å². The minimum Gasteiger partial charge on any atom is -0.491 e. The first kappa shape index (κ1) is 22.5. The maximum atomic E-state index is 12.8. The summed E-state index contributed by atoms with van der Waals surface area (Å²) in [7, 11) is -3.08. The van der Waals surface area contributed by atoms with Gasteiger partial charge in [0.15, 0.2) is 15.7 Å². The molecule has 5 rings (SSSR count). The van der Waals surface area contributed by atoms with Gasteiger partial charge in [0.1, 0.15) is 30.2 Å². The van der Waals surface area contributed by atoms with Gasteiger partial charge in [-0.15, -0.1) is 0 Å². The minimum atomic E-state index is -3.08. The molecule has 11 nitrogen and oxygen atoms in total. The van der Waals surface area contributed by atoms with Crippen molar-refractivity contribution in [1.82, 2.24) is 29.6 Å². The van der Waals surface area contributed by atoms with Crippen LogP contribution in [0.5, 0.6) is 5.75 Å². The van der Waals surface area contributed by atoms with Gasteiger partial charge in [0, 0.05) is 11.8 Å². The van der Waals surface area contributed by atoms with Crippen LogP contribution in [-0.4, -0.2) is 74.0 Å². The second-order valence-electron chi connectivity index (χ2n) is 9.28. The predicted octanol–water partition coefficient (Wildman–Crippen LogP) is 1.06. The Morgan fingerprint density at radius 1 is 1.32 bits per heavy atom. The van der Waals surface area contributed by atoms with Crippen LogP contribution >= 0.6 is 0 Å². The Balaban J connectivity index is 1.52. The molecule has 1 fully saturated rings. The molecule has 0 aliphatic carbocycles. The maximum absolute atomic E-state index is 12.8. The van der Waals surface area contributed by atoms with Gasteiger partial charge >= 0.3 is 0 Å². The van der Waals surface area contributed by atoms with Crippen LogP contribution in [0.2, 0.25) is 0 Å². The Labute approximate surface area is 196 Å². The zero-order chi connectivity index (χ0) is 24.1. The molecule has 0 saturated carbocycles. The Morgan fingerprint density at radius 3 is 2.88 bits per heavy atom. The summed E-state index contributed by atoms with van der Waals surface area (Å²) < 4.78 is 33.4. The molecule has 34 heavy (non-hydrogen) atoms. The van der Waals surface area contributed by atoms with Crippen LogP contribution in [0, 0.1) is 0 Å². The first-order chi connectivity index (χ1) is 16.2. The van der Waals surface area contributed by atoms with Crippen molar-refractivity contribution in [2.24, 2.45) is 0 Å². The van der Waals surface area contributed by atoms with Crippen LogP contribution in [-0.2, 0) is 16.4 Å². The molecule has 0 radical (unpaired) electrons. The molecule has 2 N–H and O–H groups in total. The highest BCUT2D eigenvalue weighted by molar-refractivity contribution is 7.91. The number of benzene rings is 1. The number of amides is 1. The lowest BCUT2D eigenvalue weighted by Crippen LogP contribution is -2.46. The zero-order valence-electron chi connectivity index (χ0n) is 18.9. The Bertz CT molecular complexity index is 1360. The highest BCUT2D eigenvalue weighted by atomic mass is 32.2. The van der Waals surface area contributed by atoms with Crippen LogP contribution in [0.1, 0.15) is 36.7 Å². The number of sulfone groups is 1. The van der Waals surface area contributed by atoms with Crippen molar-refractivity contribution in [1.29, 1.82) is 0 Å². The van der Waals surface area contributed by atoms with E-state index in [1.54, 1.807) is 36.7 Å². The number of fused-ring (bicyclic) bond motifs is 3. The number of carbonyl (C=O) groups excluding carboxylic acids is 1. The van der Waals surface area contributed by atoms with Crippen molar-refractivity contribution in [3.8, 4) is 28.7 Å². The number of ether oxygens (including phenoxy) is 1. The number of aliphatic hydroxyl groups is 1. The van der Waals surface area contributed by atoms with E-state index in [9.17, 15) is 18.3 Å². The number of hydrogen-bond donors (Lipinski definition) is 2. The topological polar surface area (TPSA) is 141 Å². The average molecular weight is 487 g/mol. The molecule has 2 aliphatic heterocycles. The van der Waals surface area contributed by atoms with Crippen LogP contribution in [0.4, 0.5) is 0 Å². The first-order valence-electron chi connectivity index (χ1n) is 11.0. The number of carbonyl (C=O) groups is 1. The van der Waals surface area contributed by atoms with Crippen LogP contribution in [0.3, 0.4) is 0 Å². The molecule has 1 aromatic carbocycles. The number of rotatable bonds is 5. The fourth-order valence-corrected chi connectivity index (χ4v) is 5.91. The summed E-state index contributed by atoms with van der Waals surface area (Å²) in [6.45, 7) is 4.25. The number of imidazole rings is 1. The second kappa shape index (κ2) is 8.20. The molecule has 2 aromatic heterocycles. The van der Waals surface area contributed by atoms with E-state index < -0.39 is 15.4 Å². The predicted molar refractivity (Wildman–Crippen MR) is 123 cm³/mol. The Morgan fingerprint density at radius 2 is 2.15 bits per heavy atom. The molecular formula is C22H26N6O5S. The summed E-state index contributed by atoms with van der Waals surface area (Å²) in [6.07, 6.45) is 3.75. The van der Waals surface area contributed by atoms with Crippen LogP contribution < -0.4 is 10.1 Å². The minimum absolute atomic E-state index is 0.0380. The van der Waals surface area contributed by atoms with Gasteiger partial charge in [-0.1, -0.05) is 0 Å². The van der Waals surface area contributed by atoms with Gasteiger partial charge in [0.2, 0.25) is 0 Å². The van der Waals surface area contributed by atoms with E-state index in [0.717, 1.165) is 0 Å². The standard InChI is InChI=1S/C22H26N6O5S/c1-22(2,12-29)26-21(30)14-3-4-18-16(9-14)19-25-17(10-27(19)6-7-33-18)20-23-13-24-28(20)15-5-8-34(31,32)11-15/h3-4,9-10,13,15,29H,5-8,11-12H2,1-2H3,(H,26,30). The number of aromatic nitrogens is 5. The van der Waals surface area contributed by atoms with Crippen LogP contribution in [0.25, 0.3) is 22.9 Å². The molecule has 0 spiro atoms. The monoisotopic (exact) mass is 486 g/mol. The average Bonchev–Trinajstić information content (AvgIpc) is 3.49. The largest absolute Gasteiger partial charge is 0.491 e. The number of nitrogens with zero attached hydrogens (tertiary/aromatic N) is 5. The second-order valence-corrected chi connectivity index (χ2v) is 11.5. The van der Waals surface area contributed by atoms with Crippen molar-refractivity contribution in [2.75, 3.05) is 24.7 Å². The van der Waals surface area contributed by atoms with E-state index in [1.807, 2.05) is 10.8 Å². The summed E-state index contributed by atoms with van der Waals surface area (Å²) in [5.41, 5.74) is 0.888. The van der Waals surface area contributed by atoms with E-state index in [4.69, 9.17) is 9.72 Å². The van der Waals surface area contributed by atoms with E-state index >= 15 is 0 Å². The van der Waals surface area contributed by atoms with Crippen molar-refractivity contribution in [3.63, 3.8) is 0 Å². The normalized spacial score (nSPS) is 19.1. The molecule has 2 aliphatic rings. The smallest absolute Gasteiger partial charge is 0.251 e. The first-order valence-corrected chi connectivity index (χ1v) is 12.9. The van der Waals surface area contributed by atoms with Crippen molar-refractivity contribution >= 4 is 15.7 Å². The summed E-state index contributed by atoms with van der Waals surface area (Å²) >= 11 is 0. The number of hydrogen-bond acceptors (Lipinski definition) is 8. The third-order valence-corrected chi connectivity index (χ3v) is 7.80. The fourth-order valence-electron chi connectivity index (χ4n) is 4.22. The van der Waals surface area contributed by atoms with E-state index in [1.165, 1.54) is 6.33 Å². The molecule has 1 unspecified atom stereocenters. The Hall–Kier alpha value is -3.25. The van der Waals surface area contributed by atoms with E-state index in [-0.39, 0.29) is 30.1 Å². The molecule has 3 aromatic rings. The molecular weight excluding hydrogens is 460 g/mol. The van der Waals surface area contributed by atoms with Gasteiger partial charge in [0.05, 0.1) is 41.8 Å². The summed E-state index contributed by atoms with van der Waals surface area (Å²) in [5, 5.41) is 16.6. The van der Waals surface area contributed by atoms with Gasteiger partial charge in [-0.05, 0) is 38.5 Å². The highest BCUT2D eigenvalue weighted by Gasteiger charge is 2.32. The lowest BCUT2D eigenvalue weighted by atomic mass is 10.0. The lowest BCUT2D eigenvalue weighted by Gasteiger charge is -2.23. The molecule has 4 heterocycles. The third-order valence-electron chi connectivity index (χ3n) is 6.05. The maximum Gasteiger partial charge on any atom is 0.251 e. The zero-order valence-corrected chi connectivity index (χ0v) is 19.7. The van der Waals surface area contributed by atoms with Gasteiger partial charge in [-0.25, -0.2) is 23.1 Å². The molecule has 1 atom stereocenters. The van der Waals surface area contributed by atoms with Crippen molar-refractivity contribution < 1.29 is 23.1 Å². The summed E-state index contributed by atoms with van der Waals surface area (Å²) in [5.74, 6) is 1.59. The van der Waals surface area contributed by atoms with Crippen molar-refractivity contribution in [3.05, 3.63) is 36.3 Å². The molecule has 1 saturated heterocycles. The SMILES string of the molecule is CC(C)(CO)NC(=O)c1ccc2c(c1)-c1nc(-c3ncnn3C3CCS(=O)(=O)C3)cn1CCO2. The van der Waals surface area contributed by atoms with E-state index in [2.05, 4.69) is 15.4 Å². The fraction of sp³-hybridized carbons (Fsp3) is 0.455. The van der Waals surface area contributed by atoms with Crippen molar-refractivity contribution in [2.45, 2.75) is 38.4 Å². The van der Waals surface area contributed by atoms with Crippen LogP contribution in [0.15, 0.2) is 30.7 Å². The molecule has 1 amide bonds. The molecule has 180 valence electrons. The van der Waals surface area contributed by atoms with Gasteiger partial charge in [-0.3, -0.25) is 4.79 Å². The van der Waals surface area contributed by atoms with Gasteiger partial charge in [0.25, 0.3) is 5.91 Å². The number of nitrogens with one attached hydrogen (secondary N) is 1. The third kappa shape index (κ3) is 4.18. The summed E-state index contributed by atoms with van der Waals surface area (Å²) in [6, 6.07) is 4.87.